The second-order valence-electron chi connectivity index (χ2n) is 5.73. The second-order valence-corrected chi connectivity index (χ2v) is 6.66. The van der Waals surface area contributed by atoms with Crippen molar-refractivity contribution in [3.8, 4) is 0 Å². The fourth-order valence-electron chi connectivity index (χ4n) is 2.76. The lowest BCUT2D eigenvalue weighted by atomic mass is 10.1. The highest BCUT2D eigenvalue weighted by atomic mass is 32.2. The molecule has 0 atom stereocenters. The highest BCUT2D eigenvalue weighted by Crippen LogP contribution is 2.21. The number of piperidine rings is 1. The first-order valence-corrected chi connectivity index (χ1v) is 8.69. The predicted octanol–water partition coefficient (Wildman–Crippen LogP) is 1.36. The first-order chi connectivity index (χ1) is 11.1. The van der Waals surface area contributed by atoms with Crippen molar-refractivity contribution >= 4 is 28.8 Å². The van der Waals surface area contributed by atoms with Gasteiger partial charge in [-0.05, 0) is 43.6 Å². The molecule has 1 aromatic rings. The quantitative estimate of drug-likeness (QED) is 0.870. The van der Waals surface area contributed by atoms with E-state index in [1.54, 1.807) is 18.2 Å². The van der Waals surface area contributed by atoms with Crippen LogP contribution < -0.4 is 10.6 Å². The van der Waals surface area contributed by atoms with Crippen LogP contribution >= 0.6 is 11.8 Å². The minimum Gasteiger partial charge on any atom is -0.349 e. The smallest absolute Gasteiger partial charge is 0.289 e. The van der Waals surface area contributed by atoms with Crippen LogP contribution in [0.1, 0.15) is 28.8 Å². The number of hydrogen-bond donors (Lipinski definition) is 2. The Bertz CT molecular complexity index is 613. The fraction of sp³-hybridized carbons (Fsp3) is 0.438. The van der Waals surface area contributed by atoms with E-state index in [2.05, 4.69) is 10.6 Å². The lowest BCUT2D eigenvalue weighted by Gasteiger charge is -2.23. The predicted molar refractivity (Wildman–Crippen MR) is 88.2 cm³/mol. The van der Waals surface area contributed by atoms with Crippen molar-refractivity contribution in [3.63, 3.8) is 0 Å². The van der Waals surface area contributed by atoms with E-state index < -0.39 is 0 Å². The van der Waals surface area contributed by atoms with Crippen molar-refractivity contribution in [1.29, 1.82) is 0 Å². The average molecular weight is 333 g/mol. The number of carbonyl (C=O) groups is 3. The first kappa shape index (κ1) is 16.0. The number of hydrogen-bond acceptors (Lipinski definition) is 5. The zero-order valence-electron chi connectivity index (χ0n) is 12.7. The molecule has 0 saturated carbocycles. The van der Waals surface area contributed by atoms with E-state index in [4.69, 9.17) is 0 Å². The Labute approximate surface area is 139 Å². The van der Waals surface area contributed by atoms with Gasteiger partial charge in [0.1, 0.15) is 0 Å². The summed E-state index contributed by atoms with van der Waals surface area (Å²) in [5, 5.41) is 6.08. The standard InChI is InChI=1S/C16H19N3O3S/c20-14-10-23-16(22)19(14)9-11-2-1-3-12(8-11)15(21)18-13-4-6-17-7-5-13/h1-3,8,13,17H,4-7,9-10H2,(H,18,21). The number of nitrogens with one attached hydrogen (secondary N) is 2. The highest BCUT2D eigenvalue weighted by Gasteiger charge is 2.29. The minimum absolute atomic E-state index is 0.104. The van der Waals surface area contributed by atoms with Crippen molar-refractivity contribution in [2.24, 2.45) is 0 Å². The SMILES string of the molecule is O=C(NC1CCNCC1)c1cccc(CN2C(=O)CSC2=O)c1. The van der Waals surface area contributed by atoms with Crippen molar-refractivity contribution < 1.29 is 14.4 Å². The van der Waals surface area contributed by atoms with E-state index in [9.17, 15) is 14.4 Å². The molecule has 2 heterocycles. The van der Waals surface area contributed by atoms with E-state index >= 15 is 0 Å². The van der Waals surface area contributed by atoms with Gasteiger partial charge in [0.2, 0.25) is 5.91 Å². The molecule has 3 rings (SSSR count). The number of thioether (sulfide) groups is 1. The Morgan fingerprint density at radius 1 is 1.30 bits per heavy atom. The molecule has 0 spiro atoms. The zero-order chi connectivity index (χ0) is 16.2. The molecular formula is C16H19N3O3S. The van der Waals surface area contributed by atoms with Crippen LogP contribution in [0.15, 0.2) is 24.3 Å². The van der Waals surface area contributed by atoms with Crippen LogP contribution in [0.2, 0.25) is 0 Å². The summed E-state index contributed by atoms with van der Waals surface area (Å²) in [6, 6.07) is 7.31. The van der Waals surface area contributed by atoms with Gasteiger partial charge in [0.25, 0.3) is 11.1 Å². The third-order valence-corrected chi connectivity index (χ3v) is 4.90. The maximum absolute atomic E-state index is 12.3. The maximum Gasteiger partial charge on any atom is 0.289 e. The normalized spacial score (nSPS) is 19.2. The van der Waals surface area contributed by atoms with Gasteiger partial charge in [0.15, 0.2) is 0 Å². The molecule has 0 unspecified atom stereocenters. The molecule has 2 fully saturated rings. The molecule has 1 aromatic carbocycles. The first-order valence-electron chi connectivity index (χ1n) is 7.71. The van der Waals surface area contributed by atoms with Gasteiger partial charge >= 0.3 is 0 Å². The monoisotopic (exact) mass is 333 g/mol. The summed E-state index contributed by atoms with van der Waals surface area (Å²) < 4.78 is 0. The summed E-state index contributed by atoms with van der Waals surface area (Å²) in [6.07, 6.45) is 1.86. The zero-order valence-corrected chi connectivity index (χ0v) is 13.5. The number of amides is 3. The van der Waals surface area contributed by atoms with Crippen LogP contribution in [0, 0.1) is 0 Å². The Hall–Kier alpha value is -1.86. The summed E-state index contributed by atoms with van der Waals surface area (Å²) >= 11 is 1.02. The third-order valence-electron chi connectivity index (χ3n) is 4.04. The summed E-state index contributed by atoms with van der Waals surface area (Å²) in [6.45, 7) is 2.06. The third kappa shape index (κ3) is 3.92. The number of rotatable bonds is 4. The summed E-state index contributed by atoms with van der Waals surface area (Å²) in [5.74, 6) is -0.0777. The van der Waals surface area contributed by atoms with Crippen molar-refractivity contribution in [3.05, 3.63) is 35.4 Å². The Kier molecular flexibility index (Phi) is 4.97. The molecule has 23 heavy (non-hydrogen) atoms. The van der Waals surface area contributed by atoms with Crippen LogP contribution in [0.5, 0.6) is 0 Å². The van der Waals surface area contributed by atoms with Crippen LogP contribution in [-0.4, -0.2) is 46.8 Å². The molecule has 3 amide bonds. The maximum atomic E-state index is 12.3. The van der Waals surface area contributed by atoms with E-state index in [0.717, 1.165) is 43.3 Å². The van der Waals surface area contributed by atoms with Gasteiger partial charge in [-0.1, -0.05) is 23.9 Å². The number of nitrogens with zero attached hydrogens (tertiary/aromatic N) is 1. The highest BCUT2D eigenvalue weighted by molar-refractivity contribution is 8.14. The molecular weight excluding hydrogens is 314 g/mol. The fourth-order valence-corrected chi connectivity index (χ4v) is 3.49. The molecule has 2 aliphatic heterocycles. The van der Waals surface area contributed by atoms with Gasteiger partial charge in [-0.25, -0.2) is 0 Å². The van der Waals surface area contributed by atoms with Gasteiger partial charge in [-0.2, -0.15) is 0 Å². The number of benzene rings is 1. The number of carbonyl (C=O) groups excluding carboxylic acids is 3. The molecule has 122 valence electrons. The summed E-state index contributed by atoms with van der Waals surface area (Å²) in [4.78, 5) is 36.9. The molecule has 2 aliphatic rings. The molecule has 0 bridgehead atoms. The van der Waals surface area contributed by atoms with Crippen LogP contribution in [0.25, 0.3) is 0 Å². The van der Waals surface area contributed by atoms with Crippen LogP contribution in [0.3, 0.4) is 0 Å². The molecule has 0 aromatic heterocycles. The minimum atomic E-state index is -0.223. The lowest BCUT2D eigenvalue weighted by Crippen LogP contribution is -2.42. The summed E-state index contributed by atoms with van der Waals surface area (Å²) in [7, 11) is 0. The van der Waals surface area contributed by atoms with E-state index in [0.29, 0.717) is 5.56 Å². The second kappa shape index (κ2) is 7.14. The van der Waals surface area contributed by atoms with Crippen LogP contribution in [0.4, 0.5) is 4.79 Å². The van der Waals surface area contributed by atoms with Crippen LogP contribution in [-0.2, 0) is 11.3 Å². The number of imide groups is 1. The Morgan fingerprint density at radius 2 is 2.09 bits per heavy atom. The van der Waals surface area contributed by atoms with E-state index in [1.165, 1.54) is 4.90 Å². The van der Waals surface area contributed by atoms with Gasteiger partial charge in [-0.15, -0.1) is 0 Å². The Balaban J connectivity index is 1.65. The average Bonchev–Trinajstić information content (AvgIpc) is 2.88. The lowest BCUT2D eigenvalue weighted by molar-refractivity contribution is -0.125. The van der Waals surface area contributed by atoms with E-state index in [-0.39, 0.29) is 35.4 Å². The largest absolute Gasteiger partial charge is 0.349 e. The molecule has 7 heteroatoms. The molecule has 2 N–H and O–H groups in total. The van der Waals surface area contributed by atoms with Crippen molar-refractivity contribution in [1.82, 2.24) is 15.5 Å². The van der Waals surface area contributed by atoms with Gasteiger partial charge < -0.3 is 10.6 Å². The topological polar surface area (TPSA) is 78.5 Å². The van der Waals surface area contributed by atoms with Crippen molar-refractivity contribution in [2.45, 2.75) is 25.4 Å². The summed E-state index contributed by atoms with van der Waals surface area (Å²) in [5.41, 5.74) is 1.35. The van der Waals surface area contributed by atoms with Crippen molar-refractivity contribution in [2.75, 3.05) is 18.8 Å². The van der Waals surface area contributed by atoms with Gasteiger partial charge in [-0.3, -0.25) is 19.3 Å². The van der Waals surface area contributed by atoms with E-state index in [1.807, 2.05) is 6.07 Å². The molecule has 6 nitrogen and oxygen atoms in total. The van der Waals surface area contributed by atoms with Gasteiger partial charge in [0.05, 0.1) is 12.3 Å². The van der Waals surface area contributed by atoms with Gasteiger partial charge in [0, 0.05) is 11.6 Å². The molecule has 0 aliphatic carbocycles. The molecule has 2 saturated heterocycles. The Morgan fingerprint density at radius 3 is 2.78 bits per heavy atom. The molecule has 0 radical (unpaired) electrons.